The lowest BCUT2D eigenvalue weighted by Crippen LogP contribution is -2.23. The number of benzene rings is 1. The molecule has 0 spiro atoms. The van der Waals surface area contributed by atoms with Gasteiger partial charge in [0, 0.05) is 5.56 Å². The van der Waals surface area contributed by atoms with Gasteiger partial charge in [-0.05, 0) is 12.1 Å². The van der Waals surface area contributed by atoms with E-state index in [-0.39, 0.29) is 15.6 Å². The Hall–Kier alpha value is -1.06. The lowest BCUT2D eigenvalue weighted by atomic mass is 10.1. The molecule has 0 aliphatic carbocycles. The van der Waals surface area contributed by atoms with Crippen molar-refractivity contribution < 1.29 is 9.59 Å². The minimum absolute atomic E-state index is 0.0293. The first-order chi connectivity index (χ1) is 6.04. The summed E-state index contributed by atoms with van der Waals surface area (Å²) in [5.74, 6) is -1.89. The van der Waals surface area contributed by atoms with E-state index in [0.717, 1.165) is 0 Å². The van der Waals surface area contributed by atoms with Gasteiger partial charge in [-0.2, -0.15) is 0 Å². The molecule has 68 valence electrons. The number of nitrogens with two attached hydrogens (primary N) is 1. The molecule has 1 aromatic rings. The Morgan fingerprint density at radius 2 is 1.85 bits per heavy atom. The van der Waals surface area contributed by atoms with Crippen LogP contribution >= 0.6 is 23.2 Å². The number of amides is 1. The van der Waals surface area contributed by atoms with Gasteiger partial charge in [-0.15, -0.1) is 0 Å². The van der Waals surface area contributed by atoms with Gasteiger partial charge in [0.1, 0.15) is 0 Å². The Bertz CT molecular complexity index is 376. The van der Waals surface area contributed by atoms with Crippen LogP contribution in [-0.4, -0.2) is 11.7 Å². The van der Waals surface area contributed by atoms with E-state index in [0.29, 0.717) is 0 Å². The van der Waals surface area contributed by atoms with E-state index in [1.807, 2.05) is 0 Å². The minimum Gasteiger partial charge on any atom is -0.363 e. The number of halogens is 2. The summed E-state index contributed by atoms with van der Waals surface area (Å²) in [7, 11) is 0. The molecular weight excluding hydrogens is 213 g/mol. The van der Waals surface area contributed by atoms with Gasteiger partial charge in [-0.25, -0.2) is 0 Å². The van der Waals surface area contributed by atoms with Crippen molar-refractivity contribution >= 4 is 34.9 Å². The molecule has 2 N–H and O–H groups in total. The molecule has 0 atom stereocenters. The molecule has 0 aromatic heterocycles. The quantitative estimate of drug-likeness (QED) is 0.606. The van der Waals surface area contributed by atoms with Crippen LogP contribution in [0.5, 0.6) is 0 Å². The minimum atomic E-state index is -1.05. The number of ketones is 1. The Balaban J connectivity index is 3.23. The lowest BCUT2D eigenvalue weighted by molar-refractivity contribution is -0.114. The highest BCUT2D eigenvalue weighted by atomic mass is 35.5. The molecule has 0 aliphatic heterocycles. The normalized spacial score (nSPS) is 9.69. The largest absolute Gasteiger partial charge is 0.363 e. The van der Waals surface area contributed by atoms with Crippen LogP contribution in [0.2, 0.25) is 10.0 Å². The summed E-state index contributed by atoms with van der Waals surface area (Å²) < 4.78 is 0. The summed E-state index contributed by atoms with van der Waals surface area (Å²) in [4.78, 5) is 21.6. The van der Waals surface area contributed by atoms with Crippen molar-refractivity contribution in [3.63, 3.8) is 0 Å². The van der Waals surface area contributed by atoms with Gasteiger partial charge in [0.05, 0.1) is 10.0 Å². The number of Topliss-reactive ketones (excluding diaryl/α,β-unsaturated/α-hetero) is 1. The monoisotopic (exact) mass is 217 g/mol. The first-order valence-electron chi connectivity index (χ1n) is 3.32. The van der Waals surface area contributed by atoms with E-state index in [2.05, 4.69) is 0 Å². The Morgan fingerprint density at radius 3 is 2.38 bits per heavy atom. The van der Waals surface area contributed by atoms with E-state index in [1.165, 1.54) is 18.2 Å². The van der Waals surface area contributed by atoms with Crippen LogP contribution < -0.4 is 5.73 Å². The van der Waals surface area contributed by atoms with Crippen molar-refractivity contribution in [3.05, 3.63) is 33.8 Å². The predicted molar refractivity (Wildman–Crippen MR) is 50.0 cm³/mol. The molecule has 0 bridgehead atoms. The van der Waals surface area contributed by atoms with Crippen LogP contribution in [0.3, 0.4) is 0 Å². The van der Waals surface area contributed by atoms with Crippen LogP contribution in [0.25, 0.3) is 0 Å². The highest BCUT2D eigenvalue weighted by Gasteiger charge is 2.16. The third-order valence-electron chi connectivity index (χ3n) is 1.42. The second-order valence-electron chi connectivity index (χ2n) is 2.29. The van der Waals surface area contributed by atoms with Crippen LogP contribution in [0, 0.1) is 0 Å². The van der Waals surface area contributed by atoms with Gasteiger partial charge in [0.25, 0.3) is 11.7 Å². The standard InChI is InChI=1S/C8H5Cl2NO2/c9-5-3-1-2-4(6(5)10)7(12)8(11)13/h1-3H,(H2,11,13). The summed E-state index contributed by atoms with van der Waals surface area (Å²) in [5, 5.41) is 0.265. The Labute approximate surface area is 84.4 Å². The summed E-state index contributed by atoms with van der Waals surface area (Å²) in [6.45, 7) is 0. The number of carbonyl (C=O) groups excluding carboxylic acids is 2. The second kappa shape index (κ2) is 3.77. The van der Waals surface area contributed by atoms with Crippen molar-refractivity contribution in [2.75, 3.05) is 0 Å². The third-order valence-corrected chi connectivity index (χ3v) is 2.24. The molecule has 13 heavy (non-hydrogen) atoms. The zero-order chi connectivity index (χ0) is 10.0. The molecule has 0 unspecified atom stereocenters. The molecule has 1 rings (SSSR count). The number of carbonyl (C=O) groups is 2. The molecule has 0 radical (unpaired) electrons. The molecular formula is C8H5Cl2NO2. The van der Waals surface area contributed by atoms with Crippen molar-refractivity contribution in [3.8, 4) is 0 Å². The number of primary amides is 1. The van der Waals surface area contributed by atoms with Crippen molar-refractivity contribution in [1.29, 1.82) is 0 Å². The highest BCUT2D eigenvalue weighted by Crippen LogP contribution is 2.25. The maximum absolute atomic E-state index is 11.1. The topological polar surface area (TPSA) is 60.2 Å². The van der Waals surface area contributed by atoms with Gasteiger partial charge in [-0.3, -0.25) is 9.59 Å². The zero-order valence-corrected chi connectivity index (χ0v) is 7.89. The summed E-state index contributed by atoms with van der Waals surface area (Å²) in [6.07, 6.45) is 0. The first-order valence-corrected chi connectivity index (χ1v) is 4.07. The molecule has 0 aliphatic rings. The van der Waals surface area contributed by atoms with E-state index >= 15 is 0 Å². The summed E-state index contributed by atoms with van der Waals surface area (Å²) in [5.41, 5.74) is 4.83. The van der Waals surface area contributed by atoms with Gasteiger partial charge in [-0.1, -0.05) is 29.3 Å². The van der Waals surface area contributed by atoms with Crippen LogP contribution in [0.1, 0.15) is 10.4 Å². The molecule has 1 aromatic carbocycles. The molecule has 0 heterocycles. The average Bonchev–Trinajstić information content (AvgIpc) is 2.08. The number of hydrogen-bond donors (Lipinski definition) is 1. The van der Waals surface area contributed by atoms with Crippen molar-refractivity contribution in [1.82, 2.24) is 0 Å². The fourth-order valence-electron chi connectivity index (χ4n) is 0.812. The Morgan fingerprint density at radius 1 is 1.23 bits per heavy atom. The van der Waals surface area contributed by atoms with Gasteiger partial charge in [0.2, 0.25) is 0 Å². The highest BCUT2D eigenvalue weighted by molar-refractivity contribution is 6.49. The maximum Gasteiger partial charge on any atom is 0.289 e. The van der Waals surface area contributed by atoms with Gasteiger partial charge < -0.3 is 5.73 Å². The van der Waals surface area contributed by atoms with Gasteiger partial charge >= 0.3 is 0 Å². The summed E-state index contributed by atoms with van der Waals surface area (Å²) in [6, 6.07) is 4.42. The lowest BCUT2D eigenvalue weighted by Gasteiger charge is -2.00. The molecule has 5 heteroatoms. The van der Waals surface area contributed by atoms with E-state index in [4.69, 9.17) is 28.9 Å². The van der Waals surface area contributed by atoms with Crippen molar-refractivity contribution in [2.45, 2.75) is 0 Å². The Kier molecular flexibility index (Phi) is 2.90. The van der Waals surface area contributed by atoms with E-state index in [1.54, 1.807) is 0 Å². The maximum atomic E-state index is 11.1. The second-order valence-corrected chi connectivity index (χ2v) is 3.08. The molecule has 1 amide bonds. The number of rotatable bonds is 2. The first kappa shape index (κ1) is 10.0. The molecule has 0 saturated heterocycles. The fourth-order valence-corrected chi connectivity index (χ4v) is 1.20. The third kappa shape index (κ3) is 1.99. The zero-order valence-electron chi connectivity index (χ0n) is 6.38. The fraction of sp³-hybridized carbons (Fsp3) is 0. The van der Waals surface area contributed by atoms with E-state index < -0.39 is 11.7 Å². The smallest absolute Gasteiger partial charge is 0.289 e. The average molecular weight is 218 g/mol. The van der Waals surface area contributed by atoms with Crippen molar-refractivity contribution in [2.24, 2.45) is 5.73 Å². The SMILES string of the molecule is NC(=O)C(=O)c1cccc(Cl)c1Cl. The predicted octanol–water partition coefficient (Wildman–Crippen LogP) is 1.66. The van der Waals surface area contributed by atoms with Gasteiger partial charge in [0.15, 0.2) is 0 Å². The van der Waals surface area contributed by atoms with Crippen LogP contribution in [0.15, 0.2) is 18.2 Å². The molecule has 0 saturated carbocycles. The number of hydrogen-bond acceptors (Lipinski definition) is 2. The summed E-state index contributed by atoms with van der Waals surface area (Å²) >= 11 is 11.3. The molecule has 3 nitrogen and oxygen atoms in total. The molecule has 0 fully saturated rings. The van der Waals surface area contributed by atoms with Crippen LogP contribution in [0.4, 0.5) is 0 Å². The van der Waals surface area contributed by atoms with E-state index in [9.17, 15) is 9.59 Å². The van der Waals surface area contributed by atoms with Crippen LogP contribution in [-0.2, 0) is 4.79 Å².